The molecule has 0 aliphatic heterocycles. The van der Waals surface area contributed by atoms with Crippen LogP contribution in [0.3, 0.4) is 0 Å². The van der Waals surface area contributed by atoms with Crippen LogP contribution in [0.1, 0.15) is 87.0 Å². The molecule has 6 atom stereocenters. The number of hydrogen-bond acceptors (Lipinski definition) is 3. The second-order valence-corrected chi connectivity index (χ2v) is 23.7. The van der Waals surface area contributed by atoms with Crippen LogP contribution in [0.2, 0.25) is 36.3 Å². The maximum absolute atomic E-state index is 10.8. The number of hydrogen-bond donors (Lipinski definition) is 1. The maximum atomic E-state index is 10.8. The summed E-state index contributed by atoms with van der Waals surface area (Å²) in [5.41, 5.74) is 1.01. The fourth-order valence-electron chi connectivity index (χ4n) is 5.08. The Bertz CT molecular complexity index is 714. The first-order valence-corrected chi connectivity index (χ1v) is 19.6. The molecular formula is C29H56O3Si2. The fourth-order valence-corrected chi connectivity index (χ4v) is 7.75. The van der Waals surface area contributed by atoms with Crippen molar-refractivity contribution in [2.75, 3.05) is 0 Å². The molecule has 3 nitrogen and oxygen atoms in total. The van der Waals surface area contributed by atoms with Crippen molar-refractivity contribution in [3.8, 4) is 0 Å². The predicted octanol–water partition coefficient (Wildman–Crippen LogP) is 8.48. The summed E-state index contributed by atoms with van der Waals surface area (Å²) in [6.45, 7) is 29.8. The SMILES string of the molecule is C=C1C[C@@H]2C(/C=C/[C@H](CCCCC)O[Si](C)(C)C(C)(C)C)[C@H](O[Si](C)(C)C(C)(C)C)C[C@@H]2C1O. The van der Waals surface area contributed by atoms with Gasteiger partial charge in [-0.3, -0.25) is 0 Å². The quantitative estimate of drug-likeness (QED) is 0.183. The van der Waals surface area contributed by atoms with Crippen LogP contribution in [0.25, 0.3) is 0 Å². The first-order chi connectivity index (χ1) is 15.4. The highest BCUT2D eigenvalue weighted by molar-refractivity contribution is 6.74. The molecular weight excluding hydrogens is 452 g/mol. The fraction of sp³-hybridized carbons (Fsp3) is 0.862. The molecule has 1 N–H and O–H groups in total. The van der Waals surface area contributed by atoms with Gasteiger partial charge >= 0.3 is 0 Å². The second-order valence-electron chi connectivity index (χ2n) is 14.2. The minimum absolute atomic E-state index is 0.162. The van der Waals surface area contributed by atoms with E-state index in [0.717, 1.165) is 24.8 Å². The predicted molar refractivity (Wildman–Crippen MR) is 152 cm³/mol. The molecule has 0 bridgehead atoms. The number of aliphatic hydroxyl groups is 1. The van der Waals surface area contributed by atoms with Crippen molar-refractivity contribution in [3.63, 3.8) is 0 Å². The van der Waals surface area contributed by atoms with Crippen molar-refractivity contribution in [3.05, 3.63) is 24.3 Å². The van der Waals surface area contributed by atoms with E-state index in [9.17, 15) is 5.11 Å². The van der Waals surface area contributed by atoms with Crippen LogP contribution in [0.4, 0.5) is 0 Å². The van der Waals surface area contributed by atoms with Crippen LogP contribution in [0.5, 0.6) is 0 Å². The van der Waals surface area contributed by atoms with Gasteiger partial charge in [0.2, 0.25) is 0 Å². The minimum Gasteiger partial charge on any atom is -0.413 e. The Morgan fingerprint density at radius 2 is 1.59 bits per heavy atom. The van der Waals surface area contributed by atoms with Crippen molar-refractivity contribution in [1.29, 1.82) is 0 Å². The number of aliphatic hydroxyl groups excluding tert-OH is 1. The van der Waals surface area contributed by atoms with Crippen molar-refractivity contribution in [2.24, 2.45) is 17.8 Å². The Hall–Kier alpha value is -0.206. The van der Waals surface area contributed by atoms with Gasteiger partial charge in [-0.05, 0) is 72.9 Å². The zero-order valence-electron chi connectivity index (χ0n) is 24.3. The van der Waals surface area contributed by atoms with Crippen LogP contribution in [0.15, 0.2) is 24.3 Å². The van der Waals surface area contributed by atoms with Gasteiger partial charge in [-0.15, -0.1) is 0 Å². The van der Waals surface area contributed by atoms with Gasteiger partial charge in [-0.1, -0.05) is 86.5 Å². The van der Waals surface area contributed by atoms with E-state index in [1.807, 2.05) is 0 Å². The van der Waals surface area contributed by atoms with Crippen molar-refractivity contribution >= 4 is 16.6 Å². The van der Waals surface area contributed by atoms with E-state index >= 15 is 0 Å². The molecule has 2 saturated carbocycles. The molecule has 0 heterocycles. The van der Waals surface area contributed by atoms with E-state index in [2.05, 4.69) is 93.4 Å². The minimum atomic E-state index is -1.91. The van der Waals surface area contributed by atoms with E-state index in [1.54, 1.807) is 0 Å². The lowest BCUT2D eigenvalue weighted by atomic mass is 9.90. The number of unbranched alkanes of at least 4 members (excludes halogenated alkanes) is 2. The molecule has 2 unspecified atom stereocenters. The summed E-state index contributed by atoms with van der Waals surface area (Å²) >= 11 is 0. The molecule has 198 valence electrons. The Kier molecular flexibility index (Phi) is 9.75. The summed E-state index contributed by atoms with van der Waals surface area (Å²) < 4.78 is 13.9. The van der Waals surface area contributed by atoms with E-state index in [4.69, 9.17) is 8.85 Å². The van der Waals surface area contributed by atoms with Gasteiger partial charge in [0.05, 0.1) is 18.3 Å². The Labute approximate surface area is 214 Å². The van der Waals surface area contributed by atoms with E-state index in [1.165, 1.54) is 19.3 Å². The third-order valence-electron chi connectivity index (χ3n) is 9.44. The topological polar surface area (TPSA) is 38.7 Å². The van der Waals surface area contributed by atoms with Crippen LogP contribution < -0.4 is 0 Å². The van der Waals surface area contributed by atoms with Gasteiger partial charge in [-0.25, -0.2) is 0 Å². The molecule has 0 aromatic heterocycles. The summed E-state index contributed by atoms with van der Waals surface area (Å²) in [6.07, 6.45) is 11.4. The Balaban J connectivity index is 2.30. The van der Waals surface area contributed by atoms with E-state index < -0.39 is 16.6 Å². The van der Waals surface area contributed by atoms with Crippen molar-refractivity contribution < 1.29 is 14.0 Å². The van der Waals surface area contributed by atoms with Crippen LogP contribution in [0, 0.1) is 17.8 Å². The molecule has 2 aliphatic carbocycles. The molecule has 0 saturated heterocycles. The molecule has 0 spiro atoms. The summed E-state index contributed by atoms with van der Waals surface area (Å²) in [7, 11) is -3.77. The molecule has 0 amide bonds. The summed E-state index contributed by atoms with van der Waals surface area (Å²) in [6, 6.07) is 0. The normalized spacial score (nSPS) is 29.8. The lowest BCUT2D eigenvalue weighted by Gasteiger charge is -2.40. The van der Waals surface area contributed by atoms with E-state index in [-0.39, 0.29) is 34.3 Å². The van der Waals surface area contributed by atoms with Crippen molar-refractivity contribution in [2.45, 2.75) is 142 Å². The summed E-state index contributed by atoms with van der Waals surface area (Å²) in [5, 5.41) is 11.2. The van der Waals surface area contributed by atoms with Gasteiger partial charge in [0.15, 0.2) is 16.6 Å². The number of rotatable bonds is 10. The smallest absolute Gasteiger partial charge is 0.192 e. The zero-order chi connectivity index (χ0) is 26.1. The van der Waals surface area contributed by atoms with Gasteiger partial charge in [0.1, 0.15) is 0 Å². The van der Waals surface area contributed by atoms with Crippen LogP contribution in [-0.4, -0.2) is 40.1 Å². The number of fused-ring (bicyclic) bond motifs is 1. The highest BCUT2D eigenvalue weighted by Gasteiger charge is 2.52. The second kappa shape index (κ2) is 11.0. The molecule has 5 heteroatoms. The molecule has 0 aromatic carbocycles. The van der Waals surface area contributed by atoms with Gasteiger partial charge in [-0.2, -0.15) is 0 Å². The molecule has 2 aliphatic rings. The average Bonchev–Trinajstić information content (AvgIpc) is 3.13. The Morgan fingerprint density at radius 3 is 2.12 bits per heavy atom. The Morgan fingerprint density at radius 1 is 1.00 bits per heavy atom. The van der Waals surface area contributed by atoms with E-state index in [0.29, 0.717) is 11.8 Å². The lowest BCUT2D eigenvalue weighted by Crippen LogP contribution is -2.45. The third kappa shape index (κ3) is 6.96. The van der Waals surface area contributed by atoms with Crippen molar-refractivity contribution in [1.82, 2.24) is 0 Å². The maximum Gasteiger partial charge on any atom is 0.192 e. The van der Waals surface area contributed by atoms with Crippen LogP contribution >= 0.6 is 0 Å². The zero-order valence-corrected chi connectivity index (χ0v) is 26.3. The summed E-state index contributed by atoms with van der Waals surface area (Å²) in [4.78, 5) is 0. The lowest BCUT2D eigenvalue weighted by molar-refractivity contribution is 0.128. The van der Waals surface area contributed by atoms with Gasteiger partial charge in [0.25, 0.3) is 0 Å². The van der Waals surface area contributed by atoms with Crippen LogP contribution in [-0.2, 0) is 8.85 Å². The molecule has 0 radical (unpaired) electrons. The largest absolute Gasteiger partial charge is 0.413 e. The average molecular weight is 509 g/mol. The highest BCUT2D eigenvalue weighted by Crippen LogP contribution is 2.53. The summed E-state index contributed by atoms with van der Waals surface area (Å²) in [5.74, 6) is 1.03. The molecule has 34 heavy (non-hydrogen) atoms. The molecule has 0 aromatic rings. The first-order valence-electron chi connectivity index (χ1n) is 13.8. The monoisotopic (exact) mass is 508 g/mol. The molecule has 2 rings (SSSR count). The third-order valence-corrected chi connectivity index (χ3v) is 18.5. The van der Waals surface area contributed by atoms with Gasteiger partial charge in [0, 0.05) is 5.92 Å². The first kappa shape index (κ1) is 30.0. The van der Waals surface area contributed by atoms with Gasteiger partial charge < -0.3 is 14.0 Å². The highest BCUT2D eigenvalue weighted by atomic mass is 28.4. The standard InChI is InChI=1S/C29H56O3Si2/c1-13-14-15-16-22(31-33(9,10)28(3,4)5)17-18-23-24-19-21(2)27(30)25(24)20-26(23)32-34(11,12)29(6,7)8/h17-18,22-27,30H,2,13-16,19-20H2,1,3-12H3/b18-17+/t22-,23?,24+,25-,26+,27?/m0/s1. The molecule has 2 fully saturated rings.